The van der Waals surface area contributed by atoms with E-state index < -0.39 is 65.3 Å². The van der Waals surface area contributed by atoms with Crippen molar-refractivity contribution in [2.75, 3.05) is 13.2 Å². The van der Waals surface area contributed by atoms with Gasteiger partial charge in [0.25, 0.3) is 5.91 Å². The van der Waals surface area contributed by atoms with Gasteiger partial charge in [-0.05, 0) is 46.5 Å². The Labute approximate surface area is 288 Å². The third-order valence-corrected chi connectivity index (χ3v) is 10.5. The van der Waals surface area contributed by atoms with Gasteiger partial charge in [-0.1, -0.05) is 98.1 Å². The number of hydrogen-bond acceptors (Lipinski definition) is 8. The van der Waals surface area contributed by atoms with Gasteiger partial charge in [0.1, 0.15) is 25.3 Å². The van der Waals surface area contributed by atoms with Crippen LogP contribution in [0.1, 0.15) is 79.7 Å². The van der Waals surface area contributed by atoms with Gasteiger partial charge in [0, 0.05) is 6.54 Å². The van der Waals surface area contributed by atoms with Crippen LogP contribution >= 0.6 is 0 Å². The molecule has 5 N–H and O–H groups in total. The molecule has 13 heteroatoms. The van der Waals surface area contributed by atoms with Crippen LogP contribution < -0.4 is 21.7 Å². The van der Waals surface area contributed by atoms with Gasteiger partial charge in [0.05, 0.1) is 12.1 Å². The number of urea groups is 1. The summed E-state index contributed by atoms with van der Waals surface area (Å²) in [7, 11) is 0. The zero-order chi connectivity index (χ0) is 36.3. The highest BCUT2D eigenvalue weighted by atomic mass is 16.7. The van der Waals surface area contributed by atoms with Crippen molar-refractivity contribution in [1.82, 2.24) is 20.9 Å². The van der Waals surface area contributed by atoms with Crippen molar-refractivity contribution in [3.63, 3.8) is 0 Å². The van der Waals surface area contributed by atoms with Gasteiger partial charge >= 0.3 is 12.2 Å². The van der Waals surface area contributed by atoms with E-state index >= 15 is 0 Å². The number of ether oxygens (including phenoxy) is 2. The molecule has 6 atom stereocenters. The Balaban J connectivity index is 1.42. The van der Waals surface area contributed by atoms with Crippen molar-refractivity contribution in [1.29, 1.82) is 0 Å². The molecule has 270 valence electrons. The molecular weight excluding hydrogens is 630 g/mol. The average Bonchev–Trinajstić information content (AvgIpc) is 3.32. The predicted octanol–water partition coefficient (Wildman–Crippen LogP) is 3.29. The first-order chi connectivity index (χ1) is 22.9. The quantitative estimate of drug-likeness (QED) is 0.170. The second kappa shape index (κ2) is 15.2. The minimum Gasteiger partial charge on any atom is -0.432 e. The Bertz CT molecular complexity index is 1400. The summed E-state index contributed by atoms with van der Waals surface area (Å²) in [6.07, 6.45) is 2.30. The number of rotatable bonds is 14. The molecule has 1 heterocycles. The number of nitrogens with one attached hydrogen (secondary N) is 3. The lowest BCUT2D eigenvalue weighted by Crippen LogP contribution is -2.62. The topological polar surface area (TPSA) is 186 Å². The molecule has 4 rings (SSSR count). The first-order valence-electron chi connectivity index (χ1n) is 17.3. The van der Waals surface area contributed by atoms with Crippen molar-refractivity contribution in [2.45, 2.75) is 105 Å². The van der Waals surface area contributed by atoms with Crippen LogP contribution in [0, 0.1) is 34.5 Å². The Kier molecular flexibility index (Phi) is 11.7. The Morgan fingerprint density at radius 3 is 2.18 bits per heavy atom. The lowest BCUT2D eigenvalue weighted by molar-refractivity contribution is -0.145. The normalized spacial score (nSPS) is 22.9. The van der Waals surface area contributed by atoms with Crippen molar-refractivity contribution in [3.8, 4) is 0 Å². The van der Waals surface area contributed by atoms with Crippen LogP contribution in [0.25, 0.3) is 0 Å². The maximum absolute atomic E-state index is 14.3. The van der Waals surface area contributed by atoms with Gasteiger partial charge in [-0.3, -0.25) is 19.2 Å². The Hall–Kier alpha value is -4.16. The van der Waals surface area contributed by atoms with E-state index in [0.29, 0.717) is 13.0 Å². The number of Topliss-reactive ketones (excluding diaryl/α,β-unsaturated/α-hetero) is 1. The fraction of sp³-hybridized carbons (Fsp3) is 0.667. The number of ketones is 1. The zero-order valence-electron chi connectivity index (χ0n) is 29.7. The van der Waals surface area contributed by atoms with Crippen LogP contribution in [0.3, 0.4) is 0 Å². The van der Waals surface area contributed by atoms with Crippen LogP contribution in [0.2, 0.25) is 0 Å². The Morgan fingerprint density at radius 2 is 1.63 bits per heavy atom. The van der Waals surface area contributed by atoms with E-state index in [1.165, 1.54) is 4.90 Å². The largest absolute Gasteiger partial charge is 0.508 e. The third kappa shape index (κ3) is 9.10. The molecule has 1 aliphatic heterocycles. The highest BCUT2D eigenvalue weighted by Crippen LogP contribution is 2.65. The summed E-state index contributed by atoms with van der Waals surface area (Å²) in [6, 6.07) is 4.99. The smallest absolute Gasteiger partial charge is 0.432 e. The lowest BCUT2D eigenvalue weighted by Gasteiger charge is -2.38. The van der Waals surface area contributed by atoms with Crippen molar-refractivity contribution >= 4 is 35.7 Å². The van der Waals surface area contributed by atoms with Gasteiger partial charge in [-0.2, -0.15) is 0 Å². The molecular formula is C36H53N5O8. The highest BCUT2D eigenvalue weighted by Gasteiger charge is 2.70. The van der Waals surface area contributed by atoms with E-state index in [9.17, 15) is 28.8 Å². The number of carbonyl (C=O) groups is 6. The molecule has 1 unspecified atom stereocenters. The van der Waals surface area contributed by atoms with Crippen molar-refractivity contribution in [3.05, 3.63) is 35.9 Å². The summed E-state index contributed by atoms with van der Waals surface area (Å²) >= 11 is 0. The van der Waals surface area contributed by atoms with E-state index in [1.54, 1.807) is 0 Å². The maximum Gasteiger partial charge on any atom is 0.508 e. The van der Waals surface area contributed by atoms with Gasteiger partial charge in [0.15, 0.2) is 0 Å². The molecule has 2 saturated carbocycles. The standard InChI is InChI=1S/C36H53N5O8/c1-20(2)25(19-49-34(47)48-18-22-12-9-8-10-13-22)39-33(46)40-29(35(3,4)5)32(45)41-17-23-26(36(23,6)7)27(41)31(44)38-24(28(42)30(37)43)16-21-14-11-15-21/h8-10,12-13,20-21,23-27,29H,11,14-19H2,1-7H3,(H2,37,43)(H,38,44)(H2,39,40,46)/t23-,24?,25+,26-,27-,29+/m0/s1. The van der Waals surface area contributed by atoms with Gasteiger partial charge in [0.2, 0.25) is 17.6 Å². The summed E-state index contributed by atoms with van der Waals surface area (Å²) < 4.78 is 10.5. The van der Waals surface area contributed by atoms with E-state index in [0.717, 1.165) is 24.8 Å². The summed E-state index contributed by atoms with van der Waals surface area (Å²) in [5.41, 5.74) is 5.18. The summed E-state index contributed by atoms with van der Waals surface area (Å²) in [6.45, 7) is 13.5. The third-order valence-electron chi connectivity index (χ3n) is 10.5. The van der Waals surface area contributed by atoms with Crippen LogP contribution in [-0.2, 0) is 35.3 Å². The molecule has 1 aromatic carbocycles. The van der Waals surface area contributed by atoms with E-state index in [2.05, 4.69) is 16.0 Å². The van der Waals surface area contributed by atoms with Crippen LogP contribution in [0.15, 0.2) is 30.3 Å². The number of amides is 5. The molecule has 0 spiro atoms. The second-order valence-corrected chi connectivity index (χ2v) is 15.8. The average molecular weight is 684 g/mol. The number of likely N-dealkylation sites (tertiary alicyclic amines) is 1. The summed E-state index contributed by atoms with van der Waals surface area (Å²) in [5, 5.41) is 8.42. The number of benzene rings is 1. The van der Waals surface area contributed by atoms with Gasteiger partial charge in [-0.15, -0.1) is 0 Å². The molecule has 1 aromatic rings. The molecule has 5 amide bonds. The first kappa shape index (κ1) is 37.7. The monoisotopic (exact) mass is 683 g/mol. The van der Waals surface area contributed by atoms with Gasteiger partial charge in [-0.25, -0.2) is 9.59 Å². The number of piperidine rings is 1. The molecule has 3 fully saturated rings. The number of carbonyl (C=O) groups excluding carboxylic acids is 6. The maximum atomic E-state index is 14.3. The SMILES string of the molecule is CC(C)[C@@H](COC(=O)OCc1ccccc1)NC(=O)N[C@H](C(=O)N1C[C@H]2[C@@H]([C@H]1C(=O)NC(CC1CCC1)C(=O)C(N)=O)C2(C)C)C(C)(C)C. The van der Waals surface area contributed by atoms with Crippen LogP contribution in [0.4, 0.5) is 9.59 Å². The minimum absolute atomic E-state index is 0.0480. The molecule has 0 radical (unpaired) electrons. The number of nitrogens with two attached hydrogens (primary N) is 1. The van der Waals surface area contributed by atoms with E-state index in [-0.39, 0.29) is 42.3 Å². The number of primary amides is 1. The molecule has 49 heavy (non-hydrogen) atoms. The Morgan fingerprint density at radius 1 is 0.980 bits per heavy atom. The lowest BCUT2D eigenvalue weighted by atomic mass is 9.80. The fourth-order valence-corrected chi connectivity index (χ4v) is 7.01. The van der Waals surface area contributed by atoms with E-state index in [4.69, 9.17) is 15.2 Å². The summed E-state index contributed by atoms with van der Waals surface area (Å²) in [5.74, 6) is -2.89. The highest BCUT2D eigenvalue weighted by molar-refractivity contribution is 6.37. The number of nitrogens with zero attached hydrogens (tertiary/aromatic N) is 1. The second-order valence-electron chi connectivity index (χ2n) is 15.8. The zero-order valence-corrected chi connectivity index (χ0v) is 29.7. The predicted molar refractivity (Wildman–Crippen MR) is 180 cm³/mol. The van der Waals surface area contributed by atoms with Crippen molar-refractivity contribution in [2.24, 2.45) is 40.2 Å². The van der Waals surface area contributed by atoms with Crippen LogP contribution in [-0.4, -0.2) is 77.9 Å². The number of hydrogen-bond donors (Lipinski definition) is 4. The van der Waals surface area contributed by atoms with Gasteiger partial charge < -0.3 is 36.1 Å². The summed E-state index contributed by atoms with van der Waals surface area (Å²) in [4.78, 5) is 79.9. The van der Waals surface area contributed by atoms with E-state index in [1.807, 2.05) is 78.8 Å². The molecule has 2 aliphatic carbocycles. The molecule has 13 nitrogen and oxygen atoms in total. The minimum atomic E-state index is -1.11. The molecule has 3 aliphatic rings. The number of fused-ring (bicyclic) bond motifs is 1. The van der Waals surface area contributed by atoms with Crippen LogP contribution in [0.5, 0.6) is 0 Å². The molecule has 1 saturated heterocycles. The molecule has 0 bridgehead atoms. The first-order valence-corrected chi connectivity index (χ1v) is 17.3. The molecule has 0 aromatic heterocycles. The van der Waals surface area contributed by atoms with Crippen molar-refractivity contribution < 1.29 is 38.2 Å². The fourth-order valence-electron chi connectivity index (χ4n) is 7.01.